The number of aliphatic hydroxyl groups excluding tert-OH is 1. The van der Waals surface area contributed by atoms with Crippen LogP contribution in [-0.2, 0) is 6.61 Å². The summed E-state index contributed by atoms with van der Waals surface area (Å²) in [7, 11) is 2.06. The lowest BCUT2D eigenvalue weighted by molar-refractivity contribution is 0.283. The average Bonchev–Trinajstić information content (AvgIpc) is 2.45. The number of benzene rings is 1. The van der Waals surface area contributed by atoms with Gasteiger partial charge in [0.2, 0.25) is 0 Å². The van der Waals surface area contributed by atoms with Crippen molar-refractivity contribution in [3.05, 3.63) is 35.9 Å². The Labute approximate surface area is 114 Å². The minimum Gasteiger partial charge on any atom is -0.392 e. The topological polar surface area (TPSA) is 36.4 Å². The van der Waals surface area contributed by atoms with Crippen molar-refractivity contribution in [3.63, 3.8) is 0 Å². The van der Waals surface area contributed by atoms with Gasteiger partial charge in [0.05, 0.1) is 12.1 Å². The molecule has 1 heterocycles. The van der Waals surface area contributed by atoms with Crippen LogP contribution in [0, 0.1) is 5.92 Å². The molecule has 102 valence electrons. The zero-order valence-corrected chi connectivity index (χ0v) is 11.9. The number of hydrogen-bond acceptors (Lipinski definition) is 3. The van der Waals surface area contributed by atoms with Crippen LogP contribution in [0.3, 0.4) is 0 Å². The van der Waals surface area contributed by atoms with Crippen molar-refractivity contribution in [1.29, 1.82) is 0 Å². The number of hydrogen-bond donors (Lipinski definition) is 1. The Hall–Kier alpha value is -1.61. The average molecular weight is 258 g/mol. The summed E-state index contributed by atoms with van der Waals surface area (Å²) < 4.78 is 0. The maximum Gasteiger partial charge on any atom is 0.129 e. The summed E-state index contributed by atoms with van der Waals surface area (Å²) in [4.78, 5) is 6.85. The first-order chi connectivity index (χ1) is 9.15. The molecular weight excluding hydrogens is 236 g/mol. The van der Waals surface area contributed by atoms with E-state index in [2.05, 4.69) is 30.8 Å². The van der Waals surface area contributed by atoms with E-state index in [9.17, 15) is 5.11 Å². The Bertz CT molecular complexity index is 553. The van der Waals surface area contributed by atoms with Crippen molar-refractivity contribution in [1.82, 2.24) is 4.98 Å². The lowest BCUT2D eigenvalue weighted by Crippen LogP contribution is -2.24. The minimum absolute atomic E-state index is 0.0488. The summed E-state index contributed by atoms with van der Waals surface area (Å²) in [5, 5.41) is 10.6. The van der Waals surface area contributed by atoms with Gasteiger partial charge in [-0.2, -0.15) is 0 Å². The van der Waals surface area contributed by atoms with Crippen LogP contribution in [-0.4, -0.2) is 23.7 Å². The van der Waals surface area contributed by atoms with Crippen LogP contribution in [0.1, 0.15) is 25.8 Å². The third-order valence-electron chi connectivity index (χ3n) is 3.63. The molecule has 0 saturated heterocycles. The first-order valence-corrected chi connectivity index (χ1v) is 6.86. The van der Waals surface area contributed by atoms with Gasteiger partial charge in [-0.05, 0) is 23.6 Å². The summed E-state index contributed by atoms with van der Waals surface area (Å²) in [5.74, 6) is 1.57. The van der Waals surface area contributed by atoms with E-state index < -0.39 is 0 Å². The smallest absolute Gasteiger partial charge is 0.129 e. The Morgan fingerprint density at radius 3 is 2.74 bits per heavy atom. The normalized spacial score (nSPS) is 12.6. The van der Waals surface area contributed by atoms with Gasteiger partial charge >= 0.3 is 0 Å². The van der Waals surface area contributed by atoms with Gasteiger partial charge in [-0.25, -0.2) is 4.98 Å². The highest BCUT2D eigenvalue weighted by atomic mass is 16.3. The van der Waals surface area contributed by atoms with Crippen LogP contribution in [0.15, 0.2) is 30.3 Å². The molecule has 2 aromatic rings. The zero-order valence-electron chi connectivity index (χ0n) is 11.9. The number of pyridine rings is 1. The fraction of sp³-hybridized carbons (Fsp3) is 0.438. The van der Waals surface area contributed by atoms with Crippen LogP contribution in [0.5, 0.6) is 0 Å². The second-order valence-corrected chi connectivity index (χ2v) is 5.21. The van der Waals surface area contributed by atoms with Crippen LogP contribution in [0.4, 0.5) is 5.82 Å². The summed E-state index contributed by atoms with van der Waals surface area (Å²) in [5.41, 5.74) is 1.89. The van der Waals surface area contributed by atoms with Gasteiger partial charge in [0, 0.05) is 19.0 Å². The van der Waals surface area contributed by atoms with Crippen molar-refractivity contribution >= 4 is 16.7 Å². The molecule has 19 heavy (non-hydrogen) atoms. The fourth-order valence-electron chi connectivity index (χ4n) is 2.25. The molecular formula is C16H22N2O. The molecule has 1 aromatic carbocycles. The van der Waals surface area contributed by atoms with Gasteiger partial charge in [-0.3, -0.25) is 0 Å². The first-order valence-electron chi connectivity index (χ1n) is 6.86. The summed E-state index contributed by atoms with van der Waals surface area (Å²) in [6.07, 6.45) is 1.16. The second kappa shape index (κ2) is 6.02. The van der Waals surface area contributed by atoms with E-state index in [1.54, 1.807) is 0 Å². The maximum absolute atomic E-state index is 9.52. The molecule has 0 amide bonds. The molecule has 0 fully saturated rings. The summed E-state index contributed by atoms with van der Waals surface area (Å²) in [6.45, 7) is 5.47. The molecule has 2 rings (SSSR count). The van der Waals surface area contributed by atoms with Gasteiger partial charge in [-0.15, -0.1) is 0 Å². The van der Waals surface area contributed by atoms with E-state index >= 15 is 0 Å². The van der Waals surface area contributed by atoms with E-state index in [0.717, 1.165) is 35.2 Å². The molecule has 0 saturated carbocycles. The molecule has 0 aliphatic heterocycles. The Morgan fingerprint density at radius 1 is 1.32 bits per heavy atom. The van der Waals surface area contributed by atoms with Crippen LogP contribution in [0.25, 0.3) is 10.9 Å². The van der Waals surface area contributed by atoms with Gasteiger partial charge in [0.1, 0.15) is 5.82 Å². The molecule has 1 N–H and O–H groups in total. The van der Waals surface area contributed by atoms with E-state index in [1.807, 2.05) is 30.3 Å². The Balaban J connectivity index is 2.38. The number of rotatable bonds is 5. The number of aliphatic hydroxyl groups is 1. The molecule has 0 spiro atoms. The lowest BCUT2D eigenvalue weighted by Gasteiger charge is -2.22. The van der Waals surface area contributed by atoms with E-state index in [1.165, 1.54) is 0 Å². The molecule has 0 radical (unpaired) electrons. The lowest BCUT2D eigenvalue weighted by atomic mass is 10.1. The summed E-state index contributed by atoms with van der Waals surface area (Å²) >= 11 is 0. The third-order valence-corrected chi connectivity index (χ3v) is 3.63. The minimum atomic E-state index is 0.0488. The quantitative estimate of drug-likeness (QED) is 0.894. The first kappa shape index (κ1) is 13.8. The van der Waals surface area contributed by atoms with Crippen molar-refractivity contribution in [2.24, 2.45) is 5.92 Å². The van der Waals surface area contributed by atoms with Gasteiger partial charge in [0.15, 0.2) is 0 Å². The molecule has 0 aliphatic carbocycles. The van der Waals surface area contributed by atoms with E-state index in [4.69, 9.17) is 0 Å². The largest absolute Gasteiger partial charge is 0.392 e. The molecule has 1 atom stereocenters. The molecule has 1 unspecified atom stereocenters. The zero-order chi connectivity index (χ0) is 13.8. The predicted octanol–water partition coefficient (Wildman–Crippen LogP) is 3.21. The molecule has 0 aliphatic rings. The third kappa shape index (κ3) is 3.04. The highest BCUT2D eigenvalue weighted by Crippen LogP contribution is 2.23. The van der Waals surface area contributed by atoms with Gasteiger partial charge < -0.3 is 10.0 Å². The maximum atomic E-state index is 9.52. The van der Waals surface area contributed by atoms with Crippen molar-refractivity contribution in [2.75, 3.05) is 18.5 Å². The van der Waals surface area contributed by atoms with Crippen LogP contribution in [0.2, 0.25) is 0 Å². The van der Waals surface area contributed by atoms with Gasteiger partial charge in [-0.1, -0.05) is 38.5 Å². The predicted molar refractivity (Wildman–Crippen MR) is 80.4 cm³/mol. The fourth-order valence-corrected chi connectivity index (χ4v) is 2.25. The summed E-state index contributed by atoms with van der Waals surface area (Å²) in [6, 6.07) is 9.95. The van der Waals surface area contributed by atoms with E-state index in [0.29, 0.717) is 5.92 Å². The Morgan fingerprint density at radius 2 is 2.05 bits per heavy atom. The molecule has 3 heteroatoms. The number of para-hydroxylation sites is 1. The second-order valence-electron chi connectivity index (χ2n) is 5.21. The van der Waals surface area contributed by atoms with Crippen LogP contribution >= 0.6 is 0 Å². The Kier molecular flexibility index (Phi) is 4.38. The highest BCUT2D eigenvalue weighted by molar-refractivity contribution is 5.84. The van der Waals surface area contributed by atoms with Crippen LogP contribution < -0.4 is 4.90 Å². The van der Waals surface area contributed by atoms with Gasteiger partial charge in [0.25, 0.3) is 0 Å². The van der Waals surface area contributed by atoms with Crippen molar-refractivity contribution in [2.45, 2.75) is 26.9 Å². The number of aromatic nitrogens is 1. The SMILES string of the molecule is CCC(C)CN(C)c1cc(CO)c2ccccc2n1. The standard InChI is InChI=1S/C16H22N2O/c1-4-12(2)10-18(3)16-9-13(11-19)14-7-5-6-8-15(14)17-16/h5-9,12,19H,4,10-11H2,1-3H3. The van der Waals surface area contributed by atoms with Crippen molar-refractivity contribution in [3.8, 4) is 0 Å². The molecule has 0 bridgehead atoms. The monoisotopic (exact) mass is 258 g/mol. The van der Waals surface area contributed by atoms with E-state index in [-0.39, 0.29) is 6.61 Å². The number of fused-ring (bicyclic) bond motifs is 1. The number of nitrogens with zero attached hydrogens (tertiary/aromatic N) is 2. The van der Waals surface area contributed by atoms with Crippen molar-refractivity contribution < 1.29 is 5.11 Å². The highest BCUT2D eigenvalue weighted by Gasteiger charge is 2.10. The molecule has 1 aromatic heterocycles. The molecule has 3 nitrogen and oxygen atoms in total. The number of anilines is 1.